The molecular formula is C30H50O6. The van der Waals surface area contributed by atoms with Crippen LogP contribution < -0.4 is 0 Å². The van der Waals surface area contributed by atoms with Crippen LogP contribution in [0.15, 0.2) is 0 Å². The largest absolute Gasteiger partial charge is 0.390 e. The van der Waals surface area contributed by atoms with Crippen molar-refractivity contribution >= 4 is 5.78 Å². The summed E-state index contributed by atoms with van der Waals surface area (Å²) in [6.45, 7) is 16.9. The zero-order valence-electron chi connectivity index (χ0n) is 23.9. The van der Waals surface area contributed by atoms with Crippen LogP contribution in [0.25, 0.3) is 0 Å². The van der Waals surface area contributed by atoms with E-state index >= 15 is 0 Å². The molecule has 6 nitrogen and oxygen atoms in total. The molecule has 5 fully saturated rings. The highest BCUT2D eigenvalue weighted by atomic mass is 16.6. The molecule has 0 aromatic carbocycles. The Bertz CT molecular complexity index is 900. The molecule has 0 aromatic heterocycles. The van der Waals surface area contributed by atoms with Crippen molar-refractivity contribution in [2.75, 3.05) is 0 Å². The Kier molecular flexibility index (Phi) is 6.19. The highest BCUT2D eigenvalue weighted by Gasteiger charge is 2.70. The maximum Gasteiger partial charge on any atom is 0.164 e. The summed E-state index contributed by atoms with van der Waals surface area (Å²) in [5, 5.41) is 22.7. The van der Waals surface area contributed by atoms with E-state index in [0.717, 1.165) is 38.5 Å². The van der Waals surface area contributed by atoms with E-state index in [4.69, 9.17) is 14.2 Å². The number of carbonyl (C=O) groups excluding carboxylic acids is 1. The molecule has 2 N–H and O–H groups in total. The van der Waals surface area contributed by atoms with Gasteiger partial charge in [-0.1, -0.05) is 27.7 Å². The van der Waals surface area contributed by atoms with Crippen molar-refractivity contribution < 1.29 is 29.2 Å². The van der Waals surface area contributed by atoms with E-state index in [0.29, 0.717) is 19.3 Å². The summed E-state index contributed by atoms with van der Waals surface area (Å²) in [6, 6.07) is 0. The molecule has 3 saturated heterocycles. The van der Waals surface area contributed by atoms with Gasteiger partial charge in [0.2, 0.25) is 0 Å². The molecule has 6 heteroatoms. The van der Waals surface area contributed by atoms with Crippen molar-refractivity contribution in [2.45, 2.75) is 161 Å². The van der Waals surface area contributed by atoms with Crippen molar-refractivity contribution in [3.05, 3.63) is 0 Å². The summed E-state index contributed by atoms with van der Waals surface area (Å²) in [7, 11) is 0. The Morgan fingerprint density at radius 3 is 2.08 bits per heavy atom. The van der Waals surface area contributed by atoms with Gasteiger partial charge in [-0.05, 0) is 78.6 Å². The highest BCUT2D eigenvalue weighted by Crippen LogP contribution is 2.67. The minimum absolute atomic E-state index is 0.0221. The summed E-state index contributed by atoms with van der Waals surface area (Å²) in [5.74, 6) is 0.442. The highest BCUT2D eigenvalue weighted by molar-refractivity contribution is 5.86. The van der Waals surface area contributed by atoms with E-state index in [2.05, 4.69) is 27.7 Å². The normalized spacial score (nSPS) is 54.6. The molecule has 2 aliphatic carbocycles. The second-order valence-electron chi connectivity index (χ2n) is 14.8. The summed E-state index contributed by atoms with van der Waals surface area (Å²) in [6.07, 6.45) is 5.56. The van der Waals surface area contributed by atoms with Gasteiger partial charge in [0.05, 0.1) is 41.7 Å². The lowest BCUT2D eigenvalue weighted by molar-refractivity contribution is -0.258. The first-order valence-corrected chi connectivity index (χ1v) is 14.5. The molecule has 0 aromatic rings. The molecule has 0 unspecified atom stereocenters. The van der Waals surface area contributed by atoms with E-state index in [9.17, 15) is 15.0 Å². The predicted molar refractivity (Wildman–Crippen MR) is 138 cm³/mol. The molecule has 0 radical (unpaired) electrons. The molecule has 10 atom stereocenters. The van der Waals surface area contributed by atoms with E-state index in [1.54, 1.807) is 0 Å². The molecule has 1 spiro atoms. The Labute approximate surface area is 217 Å². The minimum atomic E-state index is -0.770. The summed E-state index contributed by atoms with van der Waals surface area (Å²) < 4.78 is 20.5. The number of fused-ring (bicyclic) bond motifs is 3. The van der Waals surface area contributed by atoms with Crippen LogP contribution >= 0.6 is 0 Å². The average molecular weight is 507 g/mol. The van der Waals surface area contributed by atoms with Crippen LogP contribution in [0.1, 0.15) is 113 Å². The van der Waals surface area contributed by atoms with Crippen molar-refractivity contribution in [3.8, 4) is 0 Å². The fourth-order valence-corrected chi connectivity index (χ4v) is 9.19. The Balaban J connectivity index is 1.51. The van der Waals surface area contributed by atoms with E-state index < -0.39 is 29.0 Å². The number of hydrogen-bond acceptors (Lipinski definition) is 6. The minimum Gasteiger partial charge on any atom is -0.390 e. The van der Waals surface area contributed by atoms with Crippen molar-refractivity contribution in [3.63, 3.8) is 0 Å². The number of aliphatic hydroxyl groups excluding tert-OH is 2. The molecule has 2 saturated carbocycles. The molecule has 0 bridgehead atoms. The first-order chi connectivity index (χ1) is 16.5. The van der Waals surface area contributed by atoms with Crippen LogP contribution in [0.5, 0.6) is 0 Å². The fourth-order valence-electron chi connectivity index (χ4n) is 9.19. The lowest BCUT2D eigenvalue weighted by Crippen LogP contribution is -2.61. The monoisotopic (exact) mass is 506 g/mol. The van der Waals surface area contributed by atoms with Gasteiger partial charge in [0.1, 0.15) is 5.60 Å². The third-order valence-electron chi connectivity index (χ3n) is 12.3. The van der Waals surface area contributed by atoms with Gasteiger partial charge in [-0.3, -0.25) is 4.79 Å². The van der Waals surface area contributed by atoms with Crippen LogP contribution in [0.4, 0.5) is 0 Å². The predicted octanol–water partition coefficient (Wildman–Crippen LogP) is 4.96. The summed E-state index contributed by atoms with van der Waals surface area (Å²) >= 11 is 0. The third-order valence-corrected chi connectivity index (χ3v) is 12.3. The second kappa shape index (κ2) is 8.24. The number of Topliss-reactive ketones (excluding diaryl/α,β-unsaturated/α-hetero) is 1. The van der Waals surface area contributed by atoms with Crippen LogP contribution in [-0.4, -0.2) is 63.3 Å². The van der Waals surface area contributed by atoms with Crippen LogP contribution in [0.3, 0.4) is 0 Å². The van der Waals surface area contributed by atoms with Gasteiger partial charge in [0, 0.05) is 29.1 Å². The molecule has 3 aliphatic heterocycles. The van der Waals surface area contributed by atoms with E-state index in [1.807, 2.05) is 27.7 Å². The van der Waals surface area contributed by atoms with Crippen molar-refractivity contribution in [2.24, 2.45) is 22.2 Å². The number of ketones is 1. The van der Waals surface area contributed by atoms with Gasteiger partial charge in [-0.15, -0.1) is 0 Å². The number of ether oxygens (including phenoxy) is 3. The van der Waals surface area contributed by atoms with Crippen LogP contribution in [-0.2, 0) is 19.0 Å². The van der Waals surface area contributed by atoms with Gasteiger partial charge >= 0.3 is 0 Å². The maximum absolute atomic E-state index is 12.9. The molecule has 5 aliphatic rings. The molecule has 206 valence electrons. The number of aliphatic hydroxyl groups is 2. The SMILES string of the molecule is C[C@H]1CC[C@@H]2OC(C)(C)[C@H](O)CC[C@@]2(C)[C@]12C[C@H](O)[C@@H]([C@@]1(C)CC[C@@H]3OC(C)(C)C(=O)CC[C@]31C)O2. The first kappa shape index (κ1) is 27.1. The lowest BCUT2D eigenvalue weighted by atomic mass is 9.55. The van der Waals surface area contributed by atoms with E-state index in [-0.39, 0.29) is 46.3 Å². The Morgan fingerprint density at radius 1 is 0.750 bits per heavy atom. The van der Waals surface area contributed by atoms with E-state index in [1.165, 1.54) is 0 Å². The molecule has 3 heterocycles. The van der Waals surface area contributed by atoms with Crippen LogP contribution in [0.2, 0.25) is 0 Å². The first-order valence-electron chi connectivity index (χ1n) is 14.5. The standard InChI is InChI=1S/C30H50O6/c1-18-9-10-22-28(7,15-12-21(33)25(2,3)34-22)30(18)17-19(31)24(36-30)29(8)16-13-23-27(29,6)14-11-20(32)26(4,5)35-23/h18-19,21-24,31,33H,9-17H2,1-8H3/t18-,19-,21+,22-,23-,24-,27+,28+,29+,30-/m0/s1. The number of hydrogen-bond donors (Lipinski definition) is 2. The lowest BCUT2D eigenvalue weighted by Gasteiger charge is -2.57. The molecule has 36 heavy (non-hydrogen) atoms. The Morgan fingerprint density at radius 2 is 1.39 bits per heavy atom. The van der Waals surface area contributed by atoms with Gasteiger partial charge in [0.15, 0.2) is 5.78 Å². The fraction of sp³-hybridized carbons (Fsp3) is 0.967. The van der Waals surface area contributed by atoms with Gasteiger partial charge in [-0.2, -0.15) is 0 Å². The number of carbonyl (C=O) groups is 1. The summed E-state index contributed by atoms with van der Waals surface area (Å²) in [5.41, 5.74) is -2.76. The van der Waals surface area contributed by atoms with Crippen molar-refractivity contribution in [1.82, 2.24) is 0 Å². The van der Waals surface area contributed by atoms with Crippen molar-refractivity contribution in [1.29, 1.82) is 0 Å². The zero-order valence-corrected chi connectivity index (χ0v) is 23.9. The number of rotatable bonds is 1. The summed E-state index contributed by atoms with van der Waals surface area (Å²) in [4.78, 5) is 12.9. The quantitative estimate of drug-likeness (QED) is 0.523. The van der Waals surface area contributed by atoms with Gasteiger partial charge in [-0.25, -0.2) is 0 Å². The van der Waals surface area contributed by atoms with Gasteiger partial charge in [0.25, 0.3) is 0 Å². The second-order valence-corrected chi connectivity index (χ2v) is 14.8. The Hall–Kier alpha value is -0.530. The topological polar surface area (TPSA) is 85.2 Å². The van der Waals surface area contributed by atoms with Gasteiger partial charge < -0.3 is 24.4 Å². The third kappa shape index (κ3) is 3.50. The van der Waals surface area contributed by atoms with Crippen LogP contribution in [0, 0.1) is 22.2 Å². The average Bonchev–Trinajstić information content (AvgIpc) is 3.22. The maximum atomic E-state index is 12.9. The zero-order chi connectivity index (χ0) is 26.5. The molecular weight excluding hydrogens is 456 g/mol. The molecule has 5 rings (SSSR count). The smallest absolute Gasteiger partial charge is 0.164 e. The molecule has 0 amide bonds.